The molecule has 2 aromatic carbocycles. The predicted molar refractivity (Wildman–Crippen MR) is 115 cm³/mol. The molecule has 0 spiro atoms. The molecule has 0 radical (unpaired) electrons. The van der Waals surface area contributed by atoms with Gasteiger partial charge in [-0.05, 0) is 35.7 Å². The highest BCUT2D eigenvalue weighted by Gasteiger charge is 2.39. The van der Waals surface area contributed by atoms with Crippen molar-refractivity contribution in [1.29, 1.82) is 0 Å². The van der Waals surface area contributed by atoms with Crippen molar-refractivity contribution in [3.63, 3.8) is 0 Å². The fourth-order valence-electron chi connectivity index (χ4n) is 3.87. The van der Waals surface area contributed by atoms with E-state index < -0.39 is 23.8 Å². The van der Waals surface area contributed by atoms with Crippen LogP contribution in [-0.2, 0) is 27.5 Å². The number of amides is 4. The van der Waals surface area contributed by atoms with Crippen LogP contribution < -0.4 is 10.6 Å². The van der Waals surface area contributed by atoms with Crippen LogP contribution in [0.1, 0.15) is 50.2 Å². The molecule has 1 fully saturated rings. The van der Waals surface area contributed by atoms with Crippen molar-refractivity contribution in [3.05, 3.63) is 70.3 Å². The Labute approximate surface area is 188 Å². The minimum atomic E-state index is -1.13. The summed E-state index contributed by atoms with van der Waals surface area (Å²) in [6.07, 6.45) is 0.475. The molecule has 166 valence electrons. The summed E-state index contributed by atoms with van der Waals surface area (Å²) in [5, 5.41) is 14.1. The molecule has 0 saturated carbocycles. The fraction of sp³-hybridized carbons (Fsp3) is 0.208. The van der Waals surface area contributed by atoms with E-state index in [1.54, 1.807) is 30.3 Å². The van der Waals surface area contributed by atoms with Crippen molar-refractivity contribution in [2.75, 3.05) is 0 Å². The molecule has 0 bridgehead atoms. The summed E-state index contributed by atoms with van der Waals surface area (Å²) in [7, 11) is 0. The van der Waals surface area contributed by atoms with E-state index in [9.17, 15) is 29.1 Å². The molecule has 0 aliphatic carbocycles. The largest absolute Gasteiger partial charge is 0.478 e. The zero-order valence-corrected chi connectivity index (χ0v) is 17.4. The maximum atomic E-state index is 12.7. The van der Waals surface area contributed by atoms with Gasteiger partial charge in [-0.25, -0.2) is 4.79 Å². The highest BCUT2D eigenvalue weighted by molar-refractivity contribution is 6.05. The number of rotatable bonds is 4. The summed E-state index contributed by atoms with van der Waals surface area (Å²) in [5.74, 6) is 2.18. The molecule has 4 rings (SSSR count). The van der Waals surface area contributed by atoms with E-state index in [1.807, 2.05) is 0 Å². The molecule has 1 saturated heterocycles. The second-order valence-corrected chi connectivity index (χ2v) is 7.67. The summed E-state index contributed by atoms with van der Waals surface area (Å²) in [5.41, 5.74) is 2.22. The Bertz CT molecular complexity index is 1260. The van der Waals surface area contributed by atoms with Gasteiger partial charge >= 0.3 is 5.97 Å². The molecule has 1 atom stereocenters. The van der Waals surface area contributed by atoms with E-state index in [0.29, 0.717) is 5.56 Å². The number of carboxylic acid groups (broad SMARTS) is 1. The third-order valence-corrected chi connectivity index (χ3v) is 5.51. The van der Waals surface area contributed by atoms with Crippen LogP contribution in [-0.4, -0.2) is 45.6 Å². The molecule has 0 aromatic heterocycles. The van der Waals surface area contributed by atoms with E-state index in [4.69, 9.17) is 0 Å². The second kappa shape index (κ2) is 8.96. The molecular formula is C24H19N3O6. The Morgan fingerprint density at radius 2 is 1.94 bits per heavy atom. The van der Waals surface area contributed by atoms with E-state index in [0.717, 1.165) is 11.1 Å². The van der Waals surface area contributed by atoms with Gasteiger partial charge in [0.25, 0.3) is 11.8 Å². The van der Waals surface area contributed by atoms with E-state index in [-0.39, 0.29) is 48.9 Å². The van der Waals surface area contributed by atoms with Crippen molar-refractivity contribution in [3.8, 4) is 11.8 Å². The van der Waals surface area contributed by atoms with Gasteiger partial charge in [-0.1, -0.05) is 30.2 Å². The van der Waals surface area contributed by atoms with Crippen LogP contribution in [0.25, 0.3) is 0 Å². The SMILES string of the molecule is O=C(C#Cc1ccccc1C(=O)O)NCc1ccc2c(c1)CN(C1CCC(=O)NC1=O)C2=O. The number of nitrogens with one attached hydrogen (secondary N) is 2. The minimum Gasteiger partial charge on any atom is -0.478 e. The standard InChI is InChI=1S/C24H19N3O6/c28-20(9-6-15-3-1-2-4-18(15)24(32)33)25-12-14-5-7-17-16(11-14)13-27(23(17)31)19-8-10-21(29)26-22(19)30/h1-5,7,11,19H,8,10,12-13H2,(H,25,28)(H,32,33)(H,26,29,30). The number of fused-ring (bicyclic) bond motifs is 1. The van der Waals surface area contributed by atoms with Crippen LogP contribution in [0, 0.1) is 11.8 Å². The van der Waals surface area contributed by atoms with Crippen molar-refractivity contribution < 1.29 is 29.1 Å². The summed E-state index contributed by atoms with van der Waals surface area (Å²) in [6.45, 7) is 0.405. The Morgan fingerprint density at radius 3 is 2.70 bits per heavy atom. The number of aromatic carboxylic acids is 1. The van der Waals surface area contributed by atoms with Crippen LogP contribution >= 0.6 is 0 Å². The van der Waals surface area contributed by atoms with Gasteiger partial charge in [0.15, 0.2) is 0 Å². The lowest BCUT2D eigenvalue weighted by atomic mass is 10.0. The van der Waals surface area contributed by atoms with Crippen molar-refractivity contribution in [2.45, 2.75) is 32.0 Å². The smallest absolute Gasteiger partial charge is 0.336 e. The van der Waals surface area contributed by atoms with Crippen LogP contribution in [0.2, 0.25) is 0 Å². The van der Waals surface area contributed by atoms with Crippen LogP contribution in [0.5, 0.6) is 0 Å². The van der Waals surface area contributed by atoms with Gasteiger partial charge in [-0.15, -0.1) is 0 Å². The first kappa shape index (κ1) is 21.8. The Kier molecular flexibility index (Phi) is 5.91. The second-order valence-electron chi connectivity index (χ2n) is 7.67. The molecule has 33 heavy (non-hydrogen) atoms. The van der Waals surface area contributed by atoms with Crippen LogP contribution in [0.15, 0.2) is 42.5 Å². The quantitative estimate of drug-likeness (QED) is 0.471. The molecule has 2 heterocycles. The maximum absolute atomic E-state index is 12.7. The van der Waals surface area contributed by atoms with Crippen molar-refractivity contribution in [1.82, 2.24) is 15.5 Å². The fourth-order valence-corrected chi connectivity index (χ4v) is 3.87. The molecule has 9 nitrogen and oxygen atoms in total. The number of carboxylic acids is 1. The number of hydrogen-bond donors (Lipinski definition) is 3. The normalized spacial score (nSPS) is 17.0. The lowest BCUT2D eigenvalue weighted by Gasteiger charge is -2.29. The molecule has 3 N–H and O–H groups in total. The van der Waals surface area contributed by atoms with Gasteiger partial charge in [-0.2, -0.15) is 0 Å². The van der Waals surface area contributed by atoms with Gasteiger partial charge in [-0.3, -0.25) is 24.5 Å². The van der Waals surface area contributed by atoms with Gasteiger partial charge in [0, 0.05) is 36.6 Å². The lowest BCUT2D eigenvalue weighted by Crippen LogP contribution is -2.52. The molecule has 9 heteroatoms. The number of piperidine rings is 1. The molecule has 4 amide bonds. The zero-order valence-electron chi connectivity index (χ0n) is 17.4. The Balaban J connectivity index is 1.40. The minimum absolute atomic E-state index is 0.0154. The van der Waals surface area contributed by atoms with Crippen LogP contribution in [0.4, 0.5) is 0 Å². The number of benzene rings is 2. The maximum Gasteiger partial charge on any atom is 0.336 e. The summed E-state index contributed by atoms with van der Waals surface area (Å²) >= 11 is 0. The average molecular weight is 445 g/mol. The average Bonchev–Trinajstić information content (AvgIpc) is 3.12. The topological polar surface area (TPSA) is 133 Å². The van der Waals surface area contributed by atoms with Gasteiger partial charge in [0.1, 0.15) is 6.04 Å². The van der Waals surface area contributed by atoms with E-state index in [1.165, 1.54) is 17.0 Å². The summed E-state index contributed by atoms with van der Waals surface area (Å²) in [6, 6.07) is 10.6. The number of carbonyl (C=O) groups excluding carboxylic acids is 4. The first-order valence-corrected chi connectivity index (χ1v) is 10.2. The number of carbonyl (C=O) groups is 5. The van der Waals surface area contributed by atoms with Crippen molar-refractivity contribution >= 4 is 29.6 Å². The monoisotopic (exact) mass is 445 g/mol. The number of hydrogen-bond acceptors (Lipinski definition) is 5. The van der Waals surface area contributed by atoms with E-state index >= 15 is 0 Å². The zero-order chi connectivity index (χ0) is 23.5. The predicted octanol–water partition coefficient (Wildman–Crippen LogP) is 0.814. The van der Waals surface area contributed by atoms with E-state index in [2.05, 4.69) is 22.5 Å². The molecule has 2 aliphatic rings. The van der Waals surface area contributed by atoms with Crippen LogP contribution in [0.3, 0.4) is 0 Å². The third-order valence-electron chi connectivity index (χ3n) is 5.51. The van der Waals surface area contributed by atoms with Gasteiger partial charge in [0.05, 0.1) is 5.56 Å². The van der Waals surface area contributed by atoms with Crippen molar-refractivity contribution in [2.24, 2.45) is 0 Å². The highest BCUT2D eigenvalue weighted by atomic mass is 16.4. The van der Waals surface area contributed by atoms with Gasteiger partial charge in [0.2, 0.25) is 11.8 Å². The number of imide groups is 1. The first-order chi connectivity index (χ1) is 15.8. The summed E-state index contributed by atoms with van der Waals surface area (Å²) in [4.78, 5) is 61.0. The first-order valence-electron chi connectivity index (χ1n) is 10.2. The highest BCUT2D eigenvalue weighted by Crippen LogP contribution is 2.28. The van der Waals surface area contributed by atoms with Gasteiger partial charge < -0.3 is 15.3 Å². The Morgan fingerprint density at radius 1 is 1.15 bits per heavy atom. The Hall–Kier alpha value is -4.45. The summed E-state index contributed by atoms with van der Waals surface area (Å²) < 4.78 is 0. The molecule has 2 aromatic rings. The molecule has 2 aliphatic heterocycles. The number of nitrogens with zero attached hydrogens (tertiary/aromatic N) is 1. The molecule has 1 unspecified atom stereocenters. The molecular weight excluding hydrogens is 426 g/mol. The third kappa shape index (κ3) is 4.60. The lowest BCUT2D eigenvalue weighted by molar-refractivity contribution is -0.137.